The molecule has 1 fully saturated rings. The molecule has 0 bridgehead atoms. The van der Waals surface area contributed by atoms with Crippen LogP contribution in [-0.2, 0) is 9.59 Å². The minimum Gasteiger partial charge on any atom is -0.334 e. The van der Waals surface area contributed by atoms with Gasteiger partial charge in [-0.25, -0.2) is 4.39 Å². The smallest absolute Gasteiger partial charge is 0.313 e. The molecule has 20 heavy (non-hydrogen) atoms. The summed E-state index contributed by atoms with van der Waals surface area (Å²) in [5, 5.41) is 2.53. The summed E-state index contributed by atoms with van der Waals surface area (Å²) in [4.78, 5) is 25.3. The largest absolute Gasteiger partial charge is 0.334 e. The average molecular weight is 317 g/mol. The SMILES string of the molecule is CN(C(=O)C(=O)Nc1cc(F)cc(Cl)c1)[C@@H]1CCSC1. The number of carbonyl (C=O) groups is 2. The molecule has 0 saturated carbocycles. The van der Waals surface area contributed by atoms with E-state index in [1.165, 1.54) is 11.0 Å². The Morgan fingerprint density at radius 1 is 1.45 bits per heavy atom. The summed E-state index contributed by atoms with van der Waals surface area (Å²) in [6.07, 6.45) is 0.881. The lowest BCUT2D eigenvalue weighted by atomic mass is 10.2. The average Bonchev–Trinajstić information content (AvgIpc) is 2.89. The van der Waals surface area contributed by atoms with Crippen LogP contribution in [0.2, 0.25) is 5.02 Å². The number of nitrogens with one attached hydrogen (secondary N) is 1. The molecule has 0 unspecified atom stereocenters. The number of rotatable bonds is 2. The van der Waals surface area contributed by atoms with Crippen LogP contribution in [0.5, 0.6) is 0 Å². The van der Waals surface area contributed by atoms with Gasteiger partial charge in [0.05, 0.1) is 0 Å². The minimum absolute atomic E-state index is 0.0781. The fraction of sp³-hybridized carbons (Fsp3) is 0.385. The second-order valence-corrected chi connectivity index (χ2v) is 6.13. The van der Waals surface area contributed by atoms with Crippen molar-refractivity contribution in [2.75, 3.05) is 23.9 Å². The second-order valence-electron chi connectivity index (χ2n) is 4.55. The van der Waals surface area contributed by atoms with Crippen LogP contribution in [0.4, 0.5) is 10.1 Å². The number of hydrogen-bond donors (Lipinski definition) is 1. The molecule has 1 aromatic rings. The molecular weight excluding hydrogens is 303 g/mol. The van der Waals surface area contributed by atoms with Crippen molar-refractivity contribution in [2.24, 2.45) is 0 Å². The highest BCUT2D eigenvalue weighted by Gasteiger charge is 2.28. The van der Waals surface area contributed by atoms with Gasteiger partial charge < -0.3 is 10.2 Å². The van der Waals surface area contributed by atoms with Gasteiger partial charge in [0.1, 0.15) is 5.82 Å². The van der Waals surface area contributed by atoms with Crippen molar-refractivity contribution in [2.45, 2.75) is 12.5 Å². The monoisotopic (exact) mass is 316 g/mol. The Morgan fingerprint density at radius 2 is 2.20 bits per heavy atom. The Kier molecular flexibility index (Phi) is 4.88. The van der Waals surface area contributed by atoms with Crippen LogP contribution in [0.1, 0.15) is 6.42 Å². The van der Waals surface area contributed by atoms with Crippen molar-refractivity contribution in [1.82, 2.24) is 4.90 Å². The summed E-state index contributed by atoms with van der Waals surface area (Å²) < 4.78 is 13.1. The molecule has 0 aliphatic carbocycles. The maximum absolute atomic E-state index is 13.1. The van der Waals surface area contributed by atoms with Gasteiger partial charge in [0.2, 0.25) is 0 Å². The van der Waals surface area contributed by atoms with E-state index in [2.05, 4.69) is 5.32 Å². The molecule has 108 valence electrons. The maximum Gasteiger partial charge on any atom is 0.313 e. The van der Waals surface area contributed by atoms with E-state index in [1.54, 1.807) is 18.8 Å². The first-order valence-electron chi connectivity index (χ1n) is 6.09. The van der Waals surface area contributed by atoms with Crippen molar-refractivity contribution < 1.29 is 14.0 Å². The van der Waals surface area contributed by atoms with Gasteiger partial charge in [0.15, 0.2) is 0 Å². The number of halogens is 2. The Balaban J connectivity index is 2.01. The Bertz CT molecular complexity index is 515. The minimum atomic E-state index is -0.786. The van der Waals surface area contributed by atoms with Gasteiger partial charge in [0.25, 0.3) is 0 Å². The van der Waals surface area contributed by atoms with E-state index in [9.17, 15) is 14.0 Å². The highest BCUT2D eigenvalue weighted by atomic mass is 35.5. The van der Waals surface area contributed by atoms with Gasteiger partial charge in [-0.15, -0.1) is 0 Å². The molecule has 2 amide bonds. The molecular formula is C13H14ClFN2O2S. The van der Waals surface area contributed by atoms with Crippen LogP contribution in [-0.4, -0.2) is 41.3 Å². The molecule has 0 aromatic heterocycles. The zero-order chi connectivity index (χ0) is 14.7. The van der Waals surface area contributed by atoms with Crippen molar-refractivity contribution in [3.63, 3.8) is 0 Å². The van der Waals surface area contributed by atoms with Gasteiger partial charge in [-0.3, -0.25) is 9.59 Å². The molecule has 1 atom stereocenters. The van der Waals surface area contributed by atoms with Crippen molar-refractivity contribution in [1.29, 1.82) is 0 Å². The molecule has 4 nitrogen and oxygen atoms in total. The van der Waals surface area contributed by atoms with E-state index < -0.39 is 17.6 Å². The number of likely N-dealkylation sites (N-methyl/N-ethyl adjacent to an activating group) is 1. The Hall–Kier alpha value is -1.27. The van der Waals surface area contributed by atoms with Gasteiger partial charge in [-0.05, 0) is 30.4 Å². The summed E-state index contributed by atoms with van der Waals surface area (Å²) in [7, 11) is 1.61. The highest BCUT2D eigenvalue weighted by Crippen LogP contribution is 2.22. The Morgan fingerprint density at radius 3 is 2.80 bits per heavy atom. The highest BCUT2D eigenvalue weighted by molar-refractivity contribution is 7.99. The van der Waals surface area contributed by atoms with E-state index in [0.717, 1.165) is 30.1 Å². The summed E-state index contributed by atoms with van der Waals surface area (Å²) in [5.74, 6) is -0.158. The molecule has 7 heteroatoms. The molecule has 1 heterocycles. The van der Waals surface area contributed by atoms with E-state index in [-0.39, 0.29) is 16.8 Å². The standard InChI is InChI=1S/C13H14ClFN2O2S/c1-17(11-2-3-20-7-11)13(19)12(18)16-10-5-8(14)4-9(15)6-10/h4-6,11H,2-3,7H2,1H3,(H,16,18)/t11-/m1/s1. The van der Waals surface area contributed by atoms with Crippen molar-refractivity contribution >= 4 is 40.9 Å². The fourth-order valence-corrected chi connectivity index (χ4v) is 3.45. The van der Waals surface area contributed by atoms with Crippen LogP contribution in [0.25, 0.3) is 0 Å². The lowest BCUT2D eigenvalue weighted by Crippen LogP contribution is -2.43. The van der Waals surface area contributed by atoms with Gasteiger partial charge >= 0.3 is 11.8 Å². The third-order valence-electron chi connectivity index (χ3n) is 3.09. The summed E-state index contributed by atoms with van der Waals surface area (Å²) >= 11 is 7.44. The van der Waals surface area contributed by atoms with Gasteiger partial charge in [-0.2, -0.15) is 11.8 Å². The first-order valence-corrected chi connectivity index (χ1v) is 7.62. The molecule has 1 N–H and O–H groups in total. The van der Waals surface area contributed by atoms with Crippen LogP contribution in [0.3, 0.4) is 0 Å². The molecule has 2 rings (SSSR count). The number of amides is 2. The number of nitrogens with zero attached hydrogens (tertiary/aromatic N) is 1. The number of thioether (sulfide) groups is 1. The van der Waals surface area contributed by atoms with E-state index >= 15 is 0 Å². The zero-order valence-corrected chi connectivity index (χ0v) is 12.4. The molecule has 0 radical (unpaired) electrons. The summed E-state index contributed by atoms with van der Waals surface area (Å²) in [6, 6.07) is 3.71. The van der Waals surface area contributed by atoms with Crippen LogP contribution in [0, 0.1) is 5.82 Å². The molecule has 1 aliphatic rings. The fourth-order valence-electron chi connectivity index (χ4n) is 1.96. The van der Waals surface area contributed by atoms with E-state index in [1.807, 2.05) is 0 Å². The lowest BCUT2D eigenvalue weighted by Gasteiger charge is -2.22. The number of anilines is 1. The molecule has 1 saturated heterocycles. The molecule has 1 aliphatic heterocycles. The van der Waals surface area contributed by atoms with E-state index in [0.29, 0.717) is 0 Å². The normalized spacial score (nSPS) is 17.9. The van der Waals surface area contributed by atoms with Crippen LogP contribution >= 0.6 is 23.4 Å². The summed E-state index contributed by atoms with van der Waals surface area (Å²) in [6.45, 7) is 0. The van der Waals surface area contributed by atoms with Gasteiger partial charge in [0, 0.05) is 29.6 Å². The second kappa shape index (κ2) is 6.45. The first kappa shape index (κ1) is 15.1. The quantitative estimate of drug-likeness (QED) is 0.852. The number of benzene rings is 1. The maximum atomic E-state index is 13.1. The first-order chi connectivity index (χ1) is 9.47. The van der Waals surface area contributed by atoms with E-state index in [4.69, 9.17) is 11.6 Å². The van der Waals surface area contributed by atoms with Gasteiger partial charge in [-0.1, -0.05) is 11.6 Å². The third-order valence-corrected chi connectivity index (χ3v) is 4.45. The predicted molar refractivity (Wildman–Crippen MR) is 78.5 cm³/mol. The van der Waals surface area contributed by atoms with Crippen molar-refractivity contribution in [3.8, 4) is 0 Å². The lowest BCUT2D eigenvalue weighted by molar-refractivity contribution is -0.143. The number of carbonyl (C=O) groups excluding carboxylic acids is 2. The third kappa shape index (κ3) is 3.64. The number of hydrogen-bond acceptors (Lipinski definition) is 3. The molecule has 1 aromatic carbocycles. The summed E-state index contributed by atoms with van der Waals surface area (Å²) in [5.41, 5.74) is 0.169. The predicted octanol–water partition coefficient (Wildman–Crippen LogP) is 2.38. The van der Waals surface area contributed by atoms with Crippen LogP contribution in [0.15, 0.2) is 18.2 Å². The molecule has 0 spiro atoms. The van der Waals surface area contributed by atoms with Crippen LogP contribution < -0.4 is 5.32 Å². The van der Waals surface area contributed by atoms with Crippen molar-refractivity contribution in [3.05, 3.63) is 29.0 Å². The topological polar surface area (TPSA) is 49.4 Å². The Labute approximate surface area is 125 Å². The zero-order valence-electron chi connectivity index (χ0n) is 10.9.